The zero-order chi connectivity index (χ0) is 14.1. The van der Waals surface area contributed by atoms with Crippen molar-refractivity contribution in [1.82, 2.24) is 9.88 Å². The fourth-order valence-electron chi connectivity index (χ4n) is 3.17. The van der Waals surface area contributed by atoms with Crippen LogP contribution in [0.1, 0.15) is 13.3 Å². The van der Waals surface area contributed by atoms with E-state index in [2.05, 4.69) is 40.9 Å². The Bertz CT molecular complexity index is 610. The number of anilines is 2. The van der Waals surface area contributed by atoms with Gasteiger partial charge in [0.1, 0.15) is 0 Å². The SMILES string of the molecule is CC1CN(C)CCCN1c1c(N)cnc2ccccc12. The van der Waals surface area contributed by atoms with Gasteiger partial charge in [-0.2, -0.15) is 0 Å². The Morgan fingerprint density at radius 1 is 1.25 bits per heavy atom. The summed E-state index contributed by atoms with van der Waals surface area (Å²) >= 11 is 0. The number of nitrogens with zero attached hydrogens (tertiary/aromatic N) is 3. The Balaban J connectivity index is 2.10. The molecule has 0 radical (unpaired) electrons. The van der Waals surface area contributed by atoms with E-state index in [0.717, 1.165) is 48.3 Å². The maximum atomic E-state index is 6.25. The maximum absolute atomic E-state index is 6.25. The molecule has 0 amide bonds. The third kappa shape index (κ3) is 2.31. The Labute approximate surface area is 120 Å². The number of fused-ring (bicyclic) bond motifs is 1. The summed E-state index contributed by atoms with van der Waals surface area (Å²) in [7, 11) is 2.19. The van der Waals surface area contributed by atoms with Crippen molar-refractivity contribution in [3.8, 4) is 0 Å². The molecule has 2 heterocycles. The Kier molecular flexibility index (Phi) is 3.49. The van der Waals surface area contributed by atoms with E-state index in [0.29, 0.717) is 6.04 Å². The average molecular weight is 270 g/mol. The van der Waals surface area contributed by atoms with Crippen LogP contribution in [-0.2, 0) is 0 Å². The van der Waals surface area contributed by atoms with Gasteiger partial charge in [0.15, 0.2) is 0 Å². The van der Waals surface area contributed by atoms with E-state index >= 15 is 0 Å². The van der Waals surface area contributed by atoms with E-state index in [1.54, 1.807) is 6.20 Å². The summed E-state index contributed by atoms with van der Waals surface area (Å²) in [6, 6.07) is 8.70. The van der Waals surface area contributed by atoms with Crippen LogP contribution in [-0.4, -0.2) is 42.6 Å². The van der Waals surface area contributed by atoms with Crippen molar-refractivity contribution in [3.05, 3.63) is 30.5 Å². The van der Waals surface area contributed by atoms with Gasteiger partial charge in [-0.15, -0.1) is 0 Å². The third-order valence-corrected chi connectivity index (χ3v) is 4.11. The molecule has 1 aromatic heterocycles. The number of pyridine rings is 1. The van der Waals surface area contributed by atoms with Crippen molar-refractivity contribution >= 4 is 22.3 Å². The monoisotopic (exact) mass is 270 g/mol. The lowest BCUT2D eigenvalue weighted by Gasteiger charge is -2.32. The fraction of sp³-hybridized carbons (Fsp3) is 0.438. The van der Waals surface area contributed by atoms with Gasteiger partial charge >= 0.3 is 0 Å². The molecule has 0 spiro atoms. The largest absolute Gasteiger partial charge is 0.396 e. The normalized spacial score (nSPS) is 21.1. The molecule has 1 saturated heterocycles. The van der Waals surface area contributed by atoms with Gasteiger partial charge in [-0.05, 0) is 33.0 Å². The standard InChI is InChI=1S/C16H22N4/c1-12-11-19(2)8-5-9-20(12)16-13-6-3-4-7-15(13)18-10-14(16)17/h3-4,6-7,10,12H,5,8-9,11,17H2,1-2H3. The van der Waals surface area contributed by atoms with Gasteiger partial charge in [0.05, 0.1) is 23.1 Å². The van der Waals surface area contributed by atoms with Crippen LogP contribution in [0.5, 0.6) is 0 Å². The van der Waals surface area contributed by atoms with Crippen LogP contribution in [0, 0.1) is 0 Å². The number of nitrogens with two attached hydrogens (primary N) is 1. The molecule has 1 aromatic carbocycles. The number of rotatable bonds is 1. The van der Waals surface area contributed by atoms with Crippen LogP contribution >= 0.6 is 0 Å². The van der Waals surface area contributed by atoms with Crippen molar-refractivity contribution in [3.63, 3.8) is 0 Å². The van der Waals surface area contributed by atoms with Gasteiger partial charge in [0, 0.05) is 24.5 Å². The van der Waals surface area contributed by atoms with Gasteiger partial charge in [0.2, 0.25) is 0 Å². The van der Waals surface area contributed by atoms with Gasteiger partial charge < -0.3 is 15.5 Å². The lowest BCUT2D eigenvalue weighted by Crippen LogP contribution is -2.38. The smallest absolute Gasteiger partial charge is 0.0745 e. The first-order valence-electron chi connectivity index (χ1n) is 7.25. The highest BCUT2D eigenvalue weighted by Crippen LogP contribution is 2.33. The molecule has 4 nitrogen and oxygen atoms in total. The molecule has 1 aliphatic heterocycles. The van der Waals surface area contributed by atoms with Crippen molar-refractivity contribution in [2.24, 2.45) is 0 Å². The zero-order valence-electron chi connectivity index (χ0n) is 12.2. The highest BCUT2D eigenvalue weighted by atomic mass is 15.2. The van der Waals surface area contributed by atoms with Crippen molar-refractivity contribution in [1.29, 1.82) is 0 Å². The van der Waals surface area contributed by atoms with Crippen LogP contribution < -0.4 is 10.6 Å². The van der Waals surface area contributed by atoms with Crippen LogP contribution in [0.4, 0.5) is 11.4 Å². The second-order valence-corrected chi connectivity index (χ2v) is 5.74. The van der Waals surface area contributed by atoms with E-state index in [1.807, 2.05) is 12.1 Å². The van der Waals surface area contributed by atoms with Crippen LogP contribution in [0.15, 0.2) is 30.5 Å². The minimum absolute atomic E-state index is 0.454. The Morgan fingerprint density at radius 2 is 2.05 bits per heavy atom. The quantitative estimate of drug-likeness (QED) is 0.864. The number of hydrogen-bond acceptors (Lipinski definition) is 4. The van der Waals surface area contributed by atoms with Gasteiger partial charge in [-0.1, -0.05) is 18.2 Å². The maximum Gasteiger partial charge on any atom is 0.0745 e. The van der Waals surface area contributed by atoms with Gasteiger partial charge in [-0.3, -0.25) is 4.98 Å². The van der Waals surface area contributed by atoms with E-state index in [-0.39, 0.29) is 0 Å². The molecule has 20 heavy (non-hydrogen) atoms. The lowest BCUT2D eigenvalue weighted by atomic mass is 10.1. The summed E-state index contributed by atoms with van der Waals surface area (Å²) in [5.41, 5.74) is 9.19. The minimum Gasteiger partial charge on any atom is -0.396 e. The summed E-state index contributed by atoms with van der Waals surface area (Å²) in [5, 5.41) is 1.16. The number of benzene rings is 1. The molecule has 1 fully saturated rings. The first-order chi connectivity index (χ1) is 9.66. The third-order valence-electron chi connectivity index (χ3n) is 4.11. The van der Waals surface area contributed by atoms with E-state index in [1.165, 1.54) is 0 Å². The molecule has 3 rings (SSSR count). The summed E-state index contributed by atoms with van der Waals surface area (Å²) in [4.78, 5) is 9.28. The van der Waals surface area contributed by atoms with Crippen molar-refractivity contribution < 1.29 is 0 Å². The number of para-hydroxylation sites is 1. The Hall–Kier alpha value is -1.81. The number of likely N-dealkylation sites (N-methyl/N-ethyl adjacent to an activating group) is 1. The van der Waals surface area contributed by atoms with Crippen LogP contribution in [0.25, 0.3) is 10.9 Å². The molecule has 0 aliphatic carbocycles. The molecule has 1 unspecified atom stereocenters. The van der Waals surface area contributed by atoms with E-state index < -0.39 is 0 Å². The molecule has 0 saturated carbocycles. The molecule has 1 atom stereocenters. The van der Waals surface area contributed by atoms with Crippen molar-refractivity contribution in [2.45, 2.75) is 19.4 Å². The number of aromatic nitrogens is 1. The Morgan fingerprint density at radius 3 is 2.90 bits per heavy atom. The molecular formula is C16H22N4. The summed E-state index contributed by atoms with van der Waals surface area (Å²) in [6.45, 7) is 5.53. The highest BCUT2D eigenvalue weighted by Gasteiger charge is 2.23. The highest BCUT2D eigenvalue weighted by molar-refractivity contribution is 5.97. The average Bonchev–Trinajstić information content (AvgIpc) is 2.60. The van der Waals surface area contributed by atoms with Gasteiger partial charge in [0.25, 0.3) is 0 Å². The molecule has 2 aromatic rings. The molecule has 106 valence electrons. The summed E-state index contributed by atoms with van der Waals surface area (Å²) in [6.07, 6.45) is 2.95. The number of hydrogen-bond donors (Lipinski definition) is 1. The summed E-state index contributed by atoms with van der Waals surface area (Å²) < 4.78 is 0. The molecular weight excluding hydrogens is 248 g/mol. The van der Waals surface area contributed by atoms with Crippen LogP contribution in [0.3, 0.4) is 0 Å². The van der Waals surface area contributed by atoms with E-state index in [4.69, 9.17) is 5.73 Å². The summed E-state index contributed by atoms with van der Waals surface area (Å²) in [5.74, 6) is 0. The van der Waals surface area contributed by atoms with Crippen molar-refractivity contribution in [2.75, 3.05) is 37.3 Å². The second kappa shape index (κ2) is 5.29. The fourth-order valence-corrected chi connectivity index (χ4v) is 3.17. The first kappa shape index (κ1) is 13.2. The zero-order valence-corrected chi connectivity index (χ0v) is 12.2. The van der Waals surface area contributed by atoms with E-state index in [9.17, 15) is 0 Å². The van der Waals surface area contributed by atoms with Crippen LogP contribution in [0.2, 0.25) is 0 Å². The molecule has 2 N–H and O–H groups in total. The predicted octanol–water partition coefficient (Wildman–Crippen LogP) is 2.35. The lowest BCUT2D eigenvalue weighted by molar-refractivity contribution is 0.337. The first-order valence-corrected chi connectivity index (χ1v) is 7.25. The topological polar surface area (TPSA) is 45.4 Å². The van der Waals surface area contributed by atoms with Gasteiger partial charge in [-0.25, -0.2) is 0 Å². The molecule has 0 bridgehead atoms. The molecule has 4 heteroatoms. The molecule has 1 aliphatic rings. The predicted molar refractivity (Wildman–Crippen MR) is 85.1 cm³/mol. The second-order valence-electron chi connectivity index (χ2n) is 5.74. The minimum atomic E-state index is 0.454. The number of nitrogen functional groups attached to an aromatic ring is 1.